The molecule has 8 nitrogen and oxygen atoms in total. The second-order valence-corrected chi connectivity index (χ2v) is 6.48. The number of carbonyl (C=O) groups excluding carboxylic acids is 2. The van der Waals surface area contributed by atoms with E-state index in [1.54, 1.807) is 0 Å². The summed E-state index contributed by atoms with van der Waals surface area (Å²) in [5, 5.41) is 24.4. The van der Waals surface area contributed by atoms with E-state index in [1.807, 2.05) is 37.3 Å². The number of aromatic nitrogens is 2. The van der Waals surface area contributed by atoms with Gasteiger partial charge >= 0.3 is 7.12 Å². The van der Waals surface area contributed by atoms with E-state index in [4.69, 9.17) is 0 Å². The Labute approximate surface area is 164 Å². The minimum atomic E-state index is -1.68. The second kappa shape index (κ2) is 11.2. The van der Waals surface area contributed by atoms with Crippen LogP contribution in [0.4, 0.5) is 0 Å². The van der Waals surface area contributed by atoms with Gasteiger partial charge in [0.05, 0.1) is 12.1 Å². The first-order valence-corrected chi connectivity index (χ1v) is 9.28. The predicted octanol–water partition coefficient (Wildman–Crippen LogP) is 0.505. The highest BCUT2D eigenvalue weighted by atomic mass is 16.4. The Balaban J connectivity index is 2.14. The molecule has 0 saturated carbocycles. The largest absolute Gasteiger partial charge is 0.475 e. The van der Waals surface area contributed by atoms with Crippen molar-refractivity contribution >= 4 is 18.9 Å². The molecule has 0 aliphatic rings. The molecular weight excluding hydrogens is 359 g/mol. The lowest BCUT2D eigenvalue weighted by Crippen LogP contribution is -2.54. The summed E-state index contributed by atoms with van der Waals surface area (Å²) in [6, 6.07) is 8.35. The molecule has 148 valence electrons. The van der Waals surface area contributed by atoms with Crippen LogP contribution < -0.4 is 10.6 Å². The molecule has 0 aliphatic carbocycles. The maximum absolute atomic E-state index is 12.8. The van der Waals surface area contributed by atoms with Crippen molar-refractivity contribution in [3.63, 3.8) is 0 Å². The summed E-state index contributed by atoms with van der Waals surface area (Å²) in [5.41, 5.74) is 0.954. The molecule has 1 heterocycles. The van der Waals surface area contributed by atoms with Gasteiger partial charge in [-0.25, -0.2) is 4.98 Å². The number of hydrogen-bond donors (Lipinski definition) is 4. The Morgan fingerprint density at radius 2 is 1.89 bits per heavy atom. The molecule has 0 fully saturated rings. The van der Waals surface area contributed by atoms with Crippen molar-refractivity contribution in [1.82, 2.24) is 20.6 Å². The van der Waals surface area contributed by atoms with Gasteiger partial charge in [0, 0.05) is 18.8 Å². The molecular formula is C19H25BN4O4. The van der Waals surface area contributed by atoms with Crippen LogP contribution in [0.3, 0.4) is 0 Å². The Kier molecular flexibility index (Phi) is 8.58. The van der Waals surface area contributed by atoms with Crippen molar-refractivity contribution in [1.29, 1.82) is 0 Å². The fourth-order valence-corrected chi connectivity index (χ4v) is 2.71. The average Bonchev–Trinajstić information content (AvgIpc) is 2.71. The molecule has 0 aliphatic heterocycles. The van der Waals surface area contributed by atoms with Crippen molar-refractivity contribution in [2.24, 2.45) is 0 Å². The van der Waals surface area contributed by atoms with Crippen molar-refractivity contribution in [3.8, 4) is 0 Å². The predicted molar refractivity (Wildman–Crippen MR) is 105 cm³/mol. The molecule has 0 saturated heterocycles. The second-order valence-electron chi connectivity index (χ2n) is 6.48. The molecule has 2 atom stereocenters. The van der Waals surface area contributed by atoms with Gasteiger partial charge in [0.15, 0.2) is 0 Å². The molecule has 2 aromatic rings. The zero-order valence-corrected chi connectivity index (χ0v) is 15.8. The lowest BCUT2D eigenvalue weighted by molar-refractivity contribution is -0.123. The van der Waals surface area contributed by atoms with E-state index in [2.05, 4.69) is 20.6 Å². The van der Waals surface area contributed by atoms with Gasteiger partial charge in [-0.2, -0.15) is 0 Å². The Morgan fingerprint density at radius 1 is 1.14 bits per heavy atom. The molecule has 0 spiro atoms. The Hall–Kier alpha value is -2.78. The van der Waals surface area contributed by atoms with Crippen LogP contribution in [0.1, 0.15) is 42.2 Å². The SMILES string of the molecule is CCCCC(NC(=O)C(Cc1ccccc1)NC(=O)c1cnccn1)B(O)O. The van der Waals surface area contributed by atoms with Crippen LogP contribution in [0.2, 0.25) is 0 Å². The van der Waals surface area contributed by atoms with Gasteiger partial charge in [0.25, 0.3) is 5.91 Å². The number of amides is 2. The molecule has 2 amide bonds. The van der Waals surface area contributed by atoms with Crippen LogP contribution in [0, 0.1) is 0 Å². The molecule has 1 aromatic heterocycles. The van der Waals surface area contributed by atoms with Crippen LogP contribution in [0.5, 0.6) is 0 Å². The topological polar surface area (TPSA) is 124 Å². The molecule has 28 heavy (non-hydrogen) atoms. The molecule has 2 rings (SSSR count). The highest BCUT2D eigenvalue weighted by Gasteiger charge is 2.29. The van der Waals surface area contributed by atoms with Gasteiger partial charge in [-0.1, -0.05) is 50.1 Å². The molecule has 0 bridgehead atoms. The van der Waals surface area contributed by atoms with E-state index in [-0.39, 0.29) is 12.1 Å². The highest BCUT2D eigenvalue weighted by Crippen LogP contribution is 2.07. The normalized spacial score (nSPS) is 12.7. The average molecular weight is 384 g/mol. The van der Waals surface area contributed by atoms with E-state index >= 15 is 0 Å². The maximum Gasteiger partial charge on any atom is 0.475 e. The molecule has 2 unspecified atom stereocenters. The summed E-state index contributed by atoms with van der Waals surface area (Å²) in [7, 11) is -1.68. The number of hydrogen-bond acceptors (Lipinski definition) is 6. The van der Waals surface area contributed by atoms with E-state index in [1.165, 1.54) is 18.6 Å². The van der Waals surface area contributed by atoms with E-state index in [9.17, 15) is 19.6 Å². The number of nitrogens with one attached hydrogen (secondary N) is 2. The van der Waals surface area contributed by atoms with Gasteiger partial charge in [-0.15, -0.1) is 0 Å². The first kappa shape index (κ1) is 21.5. The molecule has 4 N–H and O–H groups in total. The first-order chi connectivity index (χ1) is 13.5. The number of carbonyl (C=O) groups is 2. The van der Waals surface area contributed by atoms with Crippen LogP contribution in [0.15, 0.2) is 48.9 Å². The summed E-state index contributed by atoms with van der Waals surface area (Å²) >= 11 is 0. The van der Waals surface area contributed by atoms with Crippen LogP contribution in [-0.4, -0.2) is 50.9 Å². The van der Waals surface area contributed by atoms with Crippen molar-refractivity contribution < 1.29 is 19.6 Å². The monoisotopic (exact) mass is 384 g/mol. The number of rotatable bonds is 10. The van der Waals surface area contributed by atoms with Crippen molar-refractivity contribution in [2.45, 2.75) is 44.6 Å². The zero-order chi connectivity index (χ0) is 20.4. The lowest BCUT2D eigenvalue weighted by Gasteiger charge is -2.23. The minimum absolute atomic E-state index is 0.0955. The summed E-state index contributed by atoms with van der Waals surface area (Å²) in [6.45, 7) is 1.97. The van der Waals surface area contributed by atoms with Gasteiger partial charge in [0.1, 0.15) is 11.7 Å². The molecule has 0 radical (unpaired) electrons. The van der Waals surface area contributed by atoms with Crippen molar-refractivity contribution in [2.75, 3.05) is 0 Å². The summed E-state index contributed by atoms with van der Waals surface area (Å²) in [6.07, 6.45) is 6.43. The number of unbranched alkanes of at least 4 members (excludes halogenated alkanes) is 1. The summed E-state index contributed by atoms with van der Waals surface area (Å²) in [5.74, 6) is -1.83. The minimum Gasteiger partial charge on any atom is -0.426 e. The first-order valence-electron chi connectivity index (χ1n) is 9.28. The fourth-order valence-electron chi connectivity index (χ4n) is 2.71. The third kappa shape index (κ3) is 6.75. The van der Waals surface area contributed by atoms with Gasteiger partial charge in [-0.3, -0.25) is 14.6 Å². The van der Waals surface area contributed by atoms with Crippen molar-refractivity contribution in [3.05, 3.63) is 60.2 Å². The van der Waals surface area contributed by atoms with Gasteiger partial charge in [-0.05, 0) is 12.0 Å². The van der Waals surface area contributed by atoms with E-state index < -0.39 is 30.9 Å². The fraction of sp³-hybridized carbons (Fsp3) is 0.368. The van der Waals surface area contributed by atoms with Gasteiger partial charge < -0.3 is 20.7 Å². The smallest absolute Gasteiger partial charge is 0.426 e. The zero-order valence-electron chi connectivity index (χ0n) is 15.8. The highest BCUT2D eigenvalue weighted by molar-refractivity contribution is 6.43. The Morgan fingerprint density at radius 3 is 2.50 bits per heavy atom. The summed E-state index contributed by atoms with van der Waals surface area (Å²) in [4.78, 5) is 33.1. The molecule has 9 heteroatoms. The third-order valence-corrected chi connectivity index (χ3v) is 4.26. The number of benzene rings is 1. The van der Waals surface area contributed by atoms with Crippen LogP contribution in [-0.2, 0) is 11.2 Å². The number of nitrogens with zero attached hydrogens (tertiary/aromatic N) is 2. The van der Waals surface area contributed by atoms with E-state index in [0.29, 0.717) is 6.42 Å². The van der Waals surface area contributed by atoms with Crippen LogP contribution in [0.25, 0.3) is 0 Å². The van der Waals surface area contributed by atoms with Gasteiger partial charge in [0.2, 0.25) is 5.91 Å². The summed E-state index contributed by atoms with van der Waals surface area (Å²) < 4.78 is 0. The maximum atomic E-state index is 12.8. The Bertz CT molecular complexity index is 746. The lowest BCUT2D eigenvalue weighted by atomic mass is 9.76. The quantitative estimate of drug-likeness (QED) is 0.443. The standard InChI is InChI=1S/C19H25BN4O4/c1-2-3-9-17(20(27)28)24-18(25)15(12-14-7-5-4-6-8-14)23-19(26)16-13-21-10-11-22-16/h4-8,10-11,13,15,17,27-28H,2-3,9,12H2,1H3,(H,23,26)(H,24,25). The van der Waals surface area contributed by atoms with E-state index in [0.717, 1.165) is 18.4 Å². The van der Waals surface area contributed by atoms with Crippen LogP contribution >= 0.6 is 0 Å². The molecule has 1 aromatic carbocycles. The third-order valence-electron chi connectivity index (χ3n) is 4.26.